The first-order valence-electron chi connectivity index (χ1n) is 6.60. The predicted octanol–water partition coefficient (Wildman–Crippen LogP) is 4.20. The second-order valence-electron chi connectivity index (χ2n) is 4.75. The smallest absolute Gasteiger partial charge is 0.161 e. The fourth-order valence-electron chi connectivity index (χ4n) is 2.10. The largest absolute Gasteiger partial charge is 0.384 e. The van der Waals surface area contributed by atoms with E-state index in [1.54, 1.807) is 24.1 Å². The van der Waals surface area contributed by atoms with Crippen molar-refractivity contribution in [3.63, 3.8) is 0 Å². The van der Waals surface area contributed by atoms with E-state index in [2.05, 4.69) is 22.9 Å². The molecule has 2 rings (SSSR count). The van der Waals surface area contributed by atoms with Gasteiger partial charge in [-0.15, -0.1) is 0 Å². The van der Waals surface area contributed by atoms with Crippen LogP contribution in [-0.4, -0.2) is 12.9 Å². The van der Waals surface area contributed by atoms with Gasteiger partial charge in [0.15, 0.2) is 5.82 Å². The van der Waals surface area contributed by atoms with Crippen LogP contribution in [0.15, 0.2) is 40.9 Å². The fourth-order valence-corrected chi connectivity index (χ4v) is 2.65. The number of rotatable bonds is 4. The van der Waals surface area contributed by atoms with Gasteiger partial charge >= 0.3 is 0 Å². The molecular weight excluding hydrogens is 333 g/mol. The summed E-state index contributed by atoms with van der Waals surface area (Å²) in [5.74, 6) is -0.591. The molecule has 2 aromatic carbocycles. The highest BCUT2D eigenvalue weighted by Gasteiger charge is 2.16. The molecule has 0 unspecified atom stereocenters. The number of hydrogen-bond donors (Lipinski definition) is 2. The normalized spacial score (nSPS) is 10.5. The second-order valence-corrected chi connectivity index (χ2v) is 5.55. The van der Waals surface area contributed by atoms with Gasteiger partial charge in [0.05, 0.1) is 10.2 Å². The third kappa shape index (κ3) is 3.08. The van der Waals surface area contributed by atoms with Crippen molar-refractivity contribution in [3.05, 3.63) is 57.8 Å². The highest BCUT2D eigenvalue weighted by Crippen LogP contribution is 2.32. The first-order valence-corrected chi connectivity index (χ1v) is 7.40. The van der Waals surface area contributed by atoms with Crippen LogP contribution in [0.3, 0.4) is 0 Å². The average Bonchev–Trinajstić information content (AvgIpc) is 2.49. The van der Waals surface area contributed by atoms with Gasteiger partial charge in [-0.2, -0.15) is 0 Å². The summed E-state index contributed by atoms with van der Waals surface area (Å²) in [5, 5.41) is 7.43. The van der Waals surface area contributed by atoms with Gasteiger partial charge in [0.1, 0.15) is 5.84 Å². The summed E-state index contributed by atoms with van der Waals surface area (Å²) in [6, 6.07) is 11.3. The maximum Gasteiger partial charge on any atom is 0.161 e. The fraction of sp³-hybridized carbons (Fsp3) is 0.188. The Hall–Kier alpha value is -1.88. The van der Waals surface area contributed by atoms with Gasteiger partial charge in [-0.3, -0.25) is 5.41 Å². The molecule has 3 nitrogen and oxygen atoms in total. The molecule has 0 bridgehead atoms. The summed E-state index contributed by atoms with van der Waals surface area (Å²) < 4.78 is 14.7. The Kier molecular flexibility index (Phi) is 4.63. The molecule has 0 aliphatic carbocycles. The molecule has 5 heteroatoms. The van der Waals surface area contributed by atoms with Gasteiger partial charge in [-0.25, -0.2) is 4.39 Å². The molecule has 2 aromatic rings. The Bertz CT molecular complexity index is 668. The van der Waals surface area contributed by atoms with Crippen molar-refractivity contribution in [2.24, 2.45) is 5.73 Å². The topological polar surface area (TPSA) is 53.1 Å². The minimum atomic E-state index is -0.426. The van der Waals surface area contributed by atoms with Crippen LogP contribution >= 0.6 is 15.9 Å². The minimum absolute atomic E-state index is 0.165. The molecule has 0 radical (unpaired) electrons. The molecule has 21 heavy (non-hydrogen) atoms. The van der Waals surface area contributed by atoms with E-state index >= 15 is 0 Å². The number of aryl methyl sites for hydroxylation is 1. The number of halogens is 2. The Morgan fingerprint density at radius 3 is 2.38 bits per heavy atom. The van der Waals surface area contributed by atoms with Gasteiger partial charge in [0.25, 0.3) is 0 Å². The van der Waals surface area contributed by atoms with Gasteiger partial charge in [-0.1, -0.05) is 19.1 Å². The van der Waals surface area contributed by atoms with E-state index in [4.69, 9.17) is 11.1 Å². The molecular formula is C16H17BrFN3. The molecule has 0 aliphatic rings. The molecule has 0 amide bonds. The van der Waals surface area contributed by atoms with Crippen LogP contribution in [0, 0.1) is 11.2 Å². The average molecular weight is 350 g/mol. The Morgan fingerprint density at radius 2 is 1.86 bits per heavy atom. The summed E-state index contributed by atoms with van der Waals surface area (Å²) in [4.78, 5) is 1.77. The zero-order valence-corrected chi connectivity index (χ0v) is 13.5. The molecule has 0 aromatic heterocycles. The van der Waals surface area contributed by atoms with Crippen molar-refractivity contribution in [1.82, 2.24) is 0 Å². The molecule has 0 spiro atoms. The van der Waals surface area contributed by atoms with Crippen LogP contribution in [0.2, 0.25) is 0 Å². The van der Waals surface area contributed by atoms with E-state index in [1.807, 2.05) is 24.3 Å². The SMILES string of the molecule is CCc1ccc(N(C)c2ccc(C(=N)N)c(Br)c2F)cc1. The summed E-state index contributed by atoms with van der Waals surface area (Å²) >= 11 is 3.17. The van der Waals surface area contributed by atoms with Crippen LogP contribution in [0.5, 0.6) is 0 Å². The molecule has 0 aliphatic heterocycles. The standard InChI is InChI=1S/C16H17BrFN3/c1-3-10-4-6-11(7-5-10)21(2)13-9-8-12(16(19)20)14(17)15(13)18/h4-9H,3H2,1-2H3,(H3,19,20). The summed E-state index contributed by atoms with van der Waals surface area (Å²) in [6.07, 6.45) is 0.969. The second kappa shape index (κ2) is 6.26. The van der Waals surface area contributed by atoms with Crippen molar-refractivity contribution in [2.75, 3.05) is 11.9 Å². The lowest BCUT2D eigenvalue weighted by Gasteiger charge is -2.21. The van der Waals surface area contributed by atoms with Crippen molar-refractivity contribution < 1.29 is 4.39 Å². The Labute approximate surface area is 132 Å². The number of nitrogen functional groups attached to an aromatic ring is 1. The predicted molar refractivity (Wildman–Crippen MR) is 89.0 cm³/mol. The van der Waals surface area contributed by atoms with Crippen LogP contribution in [-0.2, 0) is 6.42 Å². The molecule has 3 N–H and O–H groups in total. The van der Waals surface area contributed by atoms with Crippen molar-refractivity contribution in [3.8, 4) is 0 Å². The molecule has 0 atom stereocenters. The lowest BCUT2D eigenvalue weighted by molar-refractivity contribution is 0.620. The van der Waals surface area contributed by atoms with E-state index < -0.39 is 5.82 Å². The highest BCUT2D eigenvalue weighted by atomic mass is 79.9. The Morgan fingerprint density at radius 1 is 1.24 bits per heavy atom. The highest BCUT2D eigenvalue weighted by molar-refractivity contribution is 9.10. The monoisotopic (exact) mass is 349 g/mol. The minimum Gasteiger partial charge on any atom is -0.384 e. The van der Waals surface area contributed by atoms with E-state index in [9.17, 15) is 4.39 Å². The molecule has 110 valence electrons. The number of benzene rings is 2. The summed E-state index contributed by atoms with van der Waals surface area (Å²) in [6.45, 7) is 2.09. The lowest BCUT2D eigenvalue weighted by Crippen LogP contribution is -2.16. The maximum atomic E-state index is 14.5. The van der Waals surface area contributed by atoms with Crippen molar-refractivity contribution in [1.29, 1.82) is 5.41 Å². The van der Waals surface area contributed by atoms with E-state index in [0.717, 1.165) is 12.1 Å². The van der Waals surface area contributed by atoms with Crippen molar-refractivity contribution >= 4 is 33.1 Å². The first-order chi connectivity index (χ1) is 9.95. The van der Waals surface area contributed by atoms with Crippen LogP contribution in [0.1, 0.15) is 18.1 Å². The maximum absolute atomic E-state index is 14.5. The molecule has 0 fully saturated rings. The summed E-state index contributed by atoms with van der Waals surface area (Å²) in [5.41, 5.74) is 8.34. The number of nitrogens with zero attached hydrogens (tertiary/aromatic N) is 1. The van der Waals surface area contributed by atoms with Gasteiger partial charge in [-0.05, 0) is 52.2 Å². The Balaban J connectivity index is 2.41. The van der Waals surface area contributed by atoms with E-state index in [1.165, 1.54) is 5.56 Å². The number of amidine groups is 1. The quantitative estimate of drug-likeness (QED) is 0.641. The van der Waals surface area contributed by atoms with E-state index in [0.29, 0.717) is 11.3 Å². The first kappa shape index (κ1) is 15.5. The number of nitrogens with two attached hydrogens (primary N) is 1. The number of anilines is 2. The van der Waals surface area contributed by atoms with Gasteiger partial charge < -0.3 is 10.6 Å². The number of nitrogens with one attached hydrogen (secondary N) is 1. The van der Waals surface area contributed by atoms with Crippen LogP contribution < -0.4 is 10.6 Å². The van der Waals surface area contributed by atoms with Crippen molar-refractivity contribution in [2.45, 2.75) is 13.3 Å². The van der Waals surface area contributed by atoms with Crippen LogP contribution in [0.25, 0.3) is 0 Å². The third-order valence-corrected chi connectivity index (χ3v) is 4.22. The van der Waals surface area contributed by atoms with Crippen LogP contribution in [0.4, 0.5) is 15.8 Å². The third-order valence-electron chi connectivity index (χ3n) is 3.45. The summed E-state index contributed by atoms with van der Waals surface area (Å²) in [7, 11) is 1.80. The lowest BCUT2D eigenvalue weighted by atomic mass is 10.1. The van der Waals surface area contributed by atoms with Gasteiger partial charge in [0.2, 0.25) is 0 Å². The zero-order valence-electron chi connectivity index (χ0n) is 12.0. The molecule has 0 heterocycles. The van der Waals surface area contributed by atoms with Gasteiger partial charge in [0, 0.05) is 18.3 Å². The van der Waals surface area contributed by atoms with E-state index in [-0.39, 0.29) is 10.3 Å². The molecule has 0 saturated heterocycles. The number of hydrogen-bond acceptors (Lipinski definition) is 2. The zero-order chi connectivity index (χ0) is 15.6. The molecule has 0 saturated carbocycles.